The molecule has 3 rings (SSSR count). The third-order valence-electron chi connectivity index (χ3n) is 2.99. The number of anilines is 1. The Hall–Kier alpha value is -2.56. The molecule has 0 amide bonds. The maximum absolute atomic E-state index is 12.1. The smallest absolute Gasteiger partial charge is 0.260 e. The number of H-pyrrole nitrogens is 1. The molecule has 2 aromatic carbocycles. The summed E-state index contributed by atoms with van der Waals surface area (Å²) in [5.74, 6) is 0.858. The summed E-state index contributed by atoms with van der Waals surface area (Å²) in [5, 5.41) is 2.32. The van der Waals surface area contributed by atoms with E-state index >= 15 is 0 Å². The van der Waals surface area contributed by atoms with Crippen LogP contribution < -0.4 is 16.0 Å². The normalized spacial score (nSPS) is 11.0. The molecule has 0 aliphatic carbocycles. The van der Waals surface area contributed by atoms with Crippen molar-refractivity contribution in [3.63, 3.8) is 0 Å². The lowest BCUT2D eigenvalue weighted by Gasteiger charge is -2.07. The van der Waals surface area contributed by atoms with Crippen LogP contribution in [-0.4, -0.2) is 16.6 Å². The zero-order valence-electron chi connectivity index (χ0n) is 10.4. The number of aromatic nitrogens is 2. The highest BCUT2D eigenvalue weighted by atomic mass is 16.5. The molecule has 0 aliphatic rings. The Balaban J connectivity index is 2.43. The lowest BCUT2D eigenvalue weighted by molar-refractivity contribution is 0.341. The largest absolute Gasteiger partial charge is 0.494 e. The first kappa shape index (κ1) is 11.5. The number of ether oxygens (including phenoxy) is 1. The molecule has 0 saturated heterocycles. The van der Waals surface area contributed by atoms with E-state index in [4.69, 9.17) is 10.5 Å². The first-order valence-electron chi connectivity index (χ1n) is 6.04. The molecule has 0 spiro atoms. The molecule has 1 aromatic heterocycles. The Kier molecular flexibility index (Phi) is 2.59. The third kappa shape index (κ3) is 1.89. The van der Waals surface area contributed by atoms with E-state index in [2.05, 4.69) is 9.97 Å². The van der Waals surface area contributed by atoms with E-state index in [0.717, 1.165) is 16.5 Å². The molecule has 0 aliphatic heterocycles. The molecule has 5 heteroatoms. The summed E-state index contributed by atoms with van der Waals surface area (Å²) in [7, 11) is 0. The molecule has 0 unspecified atom stereocenters. The van der Waals surface area contributed by atoms with Crippen LogP contribution in [0.3, 0.4) is 0 Å². The minimum absolute atomic E-state index is 0.123. The van der Waals surface area contributed by atoms with Crippen LogP contribution in [-0.2, 0) is 0 Å². The number of benzene rings is 2. The second-order valence-electron chi connectivity index (χ2n) is 4.23. The second-order valence-corrected chi connectivity index (χ2v) is 4.23. The van der Waals surface area contributed by atoms with Crippen molar-refractivity contribution in [2.45, 2.75) is 6.92 Å². The second kappa shape index (κ2) is 4.28. The summed E-state index contributed by atoms with van der Waals surface area (Å²) in [4.78, 5) is 18.7. The molecular weight excluding hydrogens is 242 g/mol. The molecule has 0 saturated carbocycles. The molecule has 96 valence electrons. The van der Waals surface area contributed by atoms with Crippen LogP contribution in [0.4, 0.5) is 5.95 Å². The number of nitrogens with zero attached hydrogens (tertiary/aromatic N) is 1. The van der Waals surface area contributed by atoms with Gasteiger partial charge >= 0.3 is 0 Å². The van der Waals surface area contributed by atoms with Crippen molar-refractivity contribution < 1.29 is 4.74 Å². The zero-order valence-corrected chi connectivity index (χ0v) is 10.4. The third-order valence-corrected chi connectivity index (χ3v) is 2.99. The van der Waals surface area contributed by atoms with E-state index in [-0.39, 0.29) is 11.5 Å². The highest BCUT2D eigenvalue weighted by Gasteiger charge is 2.08. The van der Waals surface area contributed by atoms with Gasteiger partial charge < -0.3 is 10.5 Å². The van der Waals surface area contributed by atoms with Crippen LogP contribution in [0.1, 0.15) is 6.92 Å². The number of hydrogen-bond acceptors (Lipinski definition) is 4. The predicted octanol–water partition coefficient (Wildman–Crippen LogP) is 2.06. The van der Waals surface area contributed by atoms with Crippen LogP contribution in [0.5, 0.6) is 5.75 Å². The molecule has 0 atom stereocenters. The number of nitrogens with one attached hydrogen (secondary N) is 1. The minimum Gasteiger partial charge on any atom is -0.494 e. The number of rotatable bonds is 2. The van der Waals surface area contributed by atoms with Crippen LogP contribution in [0.2, 0.25) is 0 Å². The topological polar surface area (TPSA) is 81.0 Å². The van der Waals surface area contributed by atoms with Crippen LogP contribution in [0.25, 0.3) is 21.7 Å². The van der Waals surface area contributed by atoms with Gasteiger partial charge in [-0.3, -0.25) is 9.78 Å². The van der Waals surface area contributed by atoms with Gasteiger partial charge in [0.25, 0.3) is 5.56 Å². The fourth-order valence-corrected chi connectivity index (χ4v) is 2.21. The molecule has 0 radical (unpaired) electrons. The van der Waals surface area contributed by atoms with E-state index in [1.165, 1.54) is 0 Å². The van der Waals surface area contributed by atoms with Gasteiger partial charge in [-0.05, 0) is 30.5 Å². The van der Waals surface area contributed by atoms with E-state index in [1.807, 2.05) is 31.2 Å². The fourth-order valence-electron chi connectivity index (χ4n) is 2.21. The first-order chi connectivity index (χ1) is 9.19. The van der Waals surface area contributed by atoms with Crippen molar-refractivity contribution >= 4 is 27.6 Å². The molecule has 0 fully saturated rings. The Labute approximate surface area is 109 Å². The number of hydrogen-bond donors (Lipinski definition) is 2. The molecule has 1 heterocycles. The lowest BCUT2D eigenvalue weighted by atomic mass is 10.1. The maximum atomic E-state index is 12.1. The summed E-state index contributed by atoms with van der Waals surface area (Å²) in [6.07, 6.45) is 0. The van der Waals surface area contributed by atoms with E-state index in [0.29, 0.717) is 17.5 Å². The quantitative estimate of drug-likeness (QED) is 0.687. The molecule has 5 nitrogen and oxygen atoms in total. The van der Waals surface area contributed by atoms with Gasteiger partial charge in [-0.25, -0.2) is 4.98 Å². The van der Waals surface area contributed by atoms with Crippen molar-refractivity contribution in [2.24, 2.45) is 0 Å². The maximum Gasteiger partial charge on any atom is 0.260 e. The molecule has 3 aromatic rings. The van der Waals surface area contributed by atoms with Crippen molar-refractivity contribution in [3.05, 3.63) is 40.7 Å². The van der Waals surface area contributed by atoms with E-state index in [9.17, 15) is 4.79 Å². The predicted molar refractivity (Wildman–Crippen MR) is 75.5 cm³/mol. The summed E-state index contributed by atoms with van der Waals surface area (Å²) >= 11 is 0. The van der Waals surface area contributed by atoms with E-state index in [1.54, 1.807) is 6.07 Å². The number of fused-ring (bicyclic) bond motifs is 3. The van der Waals surface area contributed by atoms with Gasteiger partial charge in [0.2, 0.25) is 5.95 Å². The Morgan fingerprint density at radius 3 is 2.89 bits per heavy atom. The summed E-state index contributed by atoms with van der Waals surface area (Å²) in [5.41, 5.74) is 5.91. The van der Waals surface area contributed by atoms with Gasteiger partial charge in [0.05, 0.1) is 17.5 Å². The van der Waals surface area contributed by atoms with Gasteiger partial charge in [0, 0.05) is 5.39 Å². The standard InChI is InChI=1S/C14H13N3O2/c1-2-19-9-5-3-8-4-6-11-12(10(8)7-9)13(18)17-14(15)16-11/h3-7H,2H2,1H3,(H3,15,16,17,18). The molecule has 19 heavy (non-hydrogen) atoms. The van der Waals surface area contributed by atoms with Gasteiger partial charge in [-0.1, -0.05) is 12.1 Å². The van der Waals surface area contributed by atoms with Crippen molar-refractivity contribution in [3.8, 4) is 5.75 Å². The summed E-state index contributed by atoms with van der Waals surface area (Å²) < 4.78 is 5.47. The first-order valence-corrected chi connectivity index (χ1v) is 6.04. The fraction of sp³-hybridized carbons (Fsp3) is 0.143. The van der Waals surface area contributed by atoms with Crippen LogP contribution >= 0.6 is 0 Å². The Morgan fingerprint density at radius 2 is 2.11 bits per heavy atom. The van der Waals surface area contributed by atoms with Crippen LogP contribution in [0, 0.1) is 0 Å². The average Bonchev–Trinajstić information content (AvgIpc) is 2.38. The zero-order chi connectivity index (χ0) is 13.4. The summed E-state index contributed by atoms with van der Waals surface area (Å²) in [6.45, 7) is 2.50. The molecular formula is C14H13N3O2. The van der Waals surface area contributed by atoms with Gasteiger partial charge in [-0.15, -0.1) is 0 Å². The number of nitrogen functional groups attached to an aromatic ring is 1. The monoisotopic (exact) mass is 255 g/mol. The van der Waals surface area contributed by atoms with Gasteiger partial charge in [-0.2, -0.15) is 0 Å². The molecule has 3 N–H and O–H groups in total. The SMILES string of the molecule is CCOc1ccc2ccc3nc(N)[nH]c(=O)c3c2c1. The Bertz CT molecular complexity index is 824. The lowest BCUT2D eigenvalue weighted by Crippen LogP contribution is -2.11. The molecule has 0 bridgehead atoms. The van der Waals surface area contributed by atoms with E-state index < -0.39 is 0 Å². The highest BCUT2D eigenvalue weighted by molar-refractivity contribution is 6.06. The van der Waals surface area contributed by atoms with Gasteiger partial charge in [0.15, 0.2) is 0 Å². The van der Waals surface area contributed by atoms with Crippen molar-refractivity contribution in [2.75, 3.05) is 12.3 Å². The minimum atomic E-state index is -0.234. The highest BCUT2D eigenvalue weighted by Crippen LogP contribution is 2.26. The average molecular weight is 255 g/mol. The number of aromatic amines is 1. The Morgan fingerprint density at radius 1 is 1.32 bits per heavy atom. The van der Waals surface area contributed by atoms with Crippen molar-refractivity contribution in [1.82, 2.24) is 9.97 Å². The van der Waals surface area contributed by atoms with Gasteiger partial charge in [0.1, 0.15) is 5.75 Å². The van der Waals surface area contributed by atoms with Crippen LogP contribution in [0.15, 0.2) is 35.1 Å². The number of nitrogens with two attached hydrogens (primary N) is 1. The summed E-state index contributed by atoms with van der Waals surface area (Å²) in [6, 6.07) is 9.38. The van der Waals surface area contributed by atoms with Crippen molar-refractivity contribution in [1.29, 1.82) is 0 Å².